The van der Waals surface area contributed by atoms with Crippen LogP contribution < -0.4 is 0 Å². The van der Waals surface area contributed by atoms with Crippen LogP contribution in [0, 0.1) is 0 Å². The van der Waals surface area contributed by atoms with Gasteiger partial charge in [0.05, 0.1) is 0 Å². The van der Waals surface area contributed by atoms with Gasteiger partial charge in [-0.2, -0.15) is 88.4 Å². The van der Waals surface area contributed by atoms with E-state index in [-0.39, 0.29) is 0 Å². The Morgan fingerprint density at radius 1 is 0.391 bits per heavy atom. The van der Waals surface area contributed by atoms with Crippen LogP contribution in [0.25, 0.3) is 0 Å². The molecular formula is C16H32S7. The Bertz CT molecular complexity index is 315. The summed E-state index contributed by atoms with van der Waals surface area (Å²) in [4.78, 5) is 0. The molecule has 0 nitrogen and oxygen atoms in total. The van der Waals surface area contributed by atoms with Crippen molar-refractivity contribution in [3.63, 3.8) is 0 Å². The predicted octanol–water partition coefficient (Wildman–Crippen LogP) is 5.60. The summed E-state index contributed by atoms with van der Waals surface area (Å²) in [5, 5.41) is 2.54. The largest absolute Gasteiger partial charge is 0.176 e. The SMILES string of the molecule is SC1CCCC(S)CC(S)C(S)CCC(S)CC(S)CC(S)C1. The van der Waals surface area contributed by atoms with Gasteiger partial charge in [-0.1, -0.05) is 6.42 Å². The molecule has 7 unspecified atom stereocenters. The highest BCUT2D eigenvalue weighted by Crippen LogP contribution is 2.29. The molecule has 1 rings (SSSR count). The summed E-state index contributed by atoms with van der Waals surface area (Å²) in [6, 6.07) is 0. The van der Waals surface area contributed by atoms with E-state index in [9.17, 15) is 0 Å². The van der Waals surface area contributed by atoms with Crippen LogP contribution in [-0.2, 0) is 0 Å². The third-order valence-electron chi connectivity index (χ3n) is 4.46. The summed E-state index contributed by atoms with van der Waals surface area (Å²) < 4.78 is 0. The lowest BCUT2D eigenvalue weighted by Gasteiger charge is -2.25. The molecule has 7 atom stereocenters. The van der Waals surface area contributed by atoms with Crippen molar-refractivity contribution in [3.05, 3.63) is 0 Å². The first-order chi connectivity index (χ1) is 10.8. The van der Waals surface area contributed by atoms with Crippen molar-refractivity contribution < 1.29 is 0 Å². The molecule has 0 aromatic carbocycles. The highest BCUT2D eigenvalue weighted by Gasteiger charge is 2.21. The third-order valence-corrected chi connectivity index (χ3v) is 8.13. The van der Waals surface area contributed by atoms with E-state index in [4.69, 9.17) is 88.4 Å². The van der Waals surface area contributed by atoms with Gasteiger partial charge in [-0.25, -0.2) is 0 Å². The van der Waals surface area contributed by atoms with Crippen molar-refractivity contribution in [2.75, 3.05) is 0 Å². The van der Waals surface area contributed by atoms with Gasteiger partial charge in [-0.3, -0.25) is 0 Å². The minimum Gasteiger partial charge on any atom is -0.176 e. The smallest absolute Gasteiger partial charge is 0.0144 e. The van der Waals surface area contributed by atoms with Crippen LogP contribution in [-0.4, -0.2) is 36.7 Å². The lowest BCUT2D eigenvalue weighted by atomic mass is 9.99. The molecule has 0 saturated heterocycles. The van der Waals surface area contributed by atoms with Crippen LogP contribution in [0.15, 0.2) is 0 Å². The zero-order valence-corrected chi connectivity index (χ0v) is 19.8. The second-order valence-corrected chi connectivity index (χ2v) is 11.8. The first-order valence-electron chi connectivity index (χ1n) is 8.54. The fraction of sp³-hybridized carbons (Fsp3) is 1.00. The maximum atomic E-state index is 4.75. The van der Waals surface area contributed by atoms with E-state index >= 15 is 0 Å². The average Bonchev–Trinajstić information content (AvgIpc) is 2.42. The van der Waals surface area contributed by atoms with E-state index in [2.05, 4.69) is 0 Å². The van der Waals surface area contributed by atoms with Gasteiger partial charge in [0.1, 0.15) is 0 Å². The fourth-order valence-electron chi connectivity index (χ4n) is 3.07. The Labute approximate surface area is 181 Å². The predicted molar refractivity (Wildman–Crippen MR) is 131 cm³/mol. The topological polar surface area (TPSA) is 0 Å². The van der Waals surface area contributed by atoms with Crippen molar-refractivity contribution >= 4 is 88.4 Å². The average molecular weight is 449 g/mol. The normalized spacial score (nSPS) is 43.2. The van der Waals surface area contributed by atoms with Crippen molar-refractivity contribution in [1.29, 1.82) is 0 Å². The van der Waals surface area contributed by atoms with Gasteiger partial charge in [0.15, 0.2) is 0 Å². The van der Waals surface area contributed by atoms with Crippen molar-refractivity contribution in [1.82, 2.24) is 0 Å². The van der Waals surface area contributed by atoms with E-state index < -0.39 is 0 Å². The molecule has 1 fully saturated rings. The van der Waals surface area contributed by atoms with Crippen LogP contribution in [0.3, 0.4) is 0 Å². The second-order valence-electron chi connectivity index (χ2n) is 6.85. The van der Waals surface area contributed by atoms with Crippen LogP contribution in [0.2, 0.25) is 0 Å². The zero-order chi connectivity index (χ0) is 17.4. The van der Waals surface area contributed by atoms with Gasteiger partial charge in [-0.05, 0) is 51.4 Å². The number of hydrogen-bond donors (Lipinski definition) is 7. The third kappa shape index (κ3) is 11.0. The molecule has 0 aliphatic heterocycles. The molecular weight excluding hydrogens is 417 g/mol. The summed E-state index contributed by atoms with van der Waals surface area (Å²) in [6.07, 6.45) is 9.64. The van der Waals surface area contributed by atoms with Crippen LogP contribution >= 0.6 is 88.4 Å². The first kappa shape index (κ1) is 23.5. The Kier molecular flexibility index (Phi) is 13.0. The molecule has 0 aromatic rings. The Morgan fingerprint density at radius 3 is 1.39 bits per heavy atom. The lowest BCUT2D eigenvalue weighted by Crippen LogP contribution is -2.22. The van der Waals surface area contributed by atoms with Gasteiger partial charge in [-0.15, -0.1) is 0 Å². The molecule has 0 spiro atoms. The maximum Gasteiger partial charge on any atom is 0.0144 e. The van der Waals surface area contributed by atoms with Gasteiger partial charge >= 0.3 is 0 Å². The van der Waals surface area contributed by atoms with E-state index in [0.717, 1.165) is 51.4 Å². The van der Waals surface area contributed by atoms with Gasteiger partial charge < -0.3 is 0 Å². The van der Waals surface area contributed by atoms with Crippen molar-refractivity contribution in [2.45, 2.75) is 94.5 Å². The number of hydrogen-bond acceptors (Lipinski definition) is 7. The van der Waals surface area contributed by atoms with Gasteiger partial charge in [0.25, 0.3) is 0 Å². The molecule has 0 radical (unpaired) electrons. The van der Waals surface area contributed by atoms with E-state index in [1.807, 2.05) is 0 Å². The van der Waals surface area contributed by atoms with Crippen molar-refractivity contribution in [2.24, 2.45) is 0 Å². The number of rotatable bonds is 0. The van der Waals surface area contributed by atoms with Crippen molar-refractivity contribution in [3.8, 4) is 0 Å². The second kappa shape index (κ2) is 12.8. The van der Waals surface area contributed by atoms with E-state index in [0.29, 0.717) is 36.7 Å². The minimum atomic E-state index is 0.301. The standard InChI is InChI=1S/C16H32S7/c17-10-2-1-3-11(18)9-16(23)15(22)5-4-12(19)7-14(21)8-13(20)6-10/h10-23H,1-9H2. The molecule has 7 heteroatoms. The molecule has 23 heavy (non-hydrogen) atoms. The quantitative estimate of drug-likeness (QED) is 0.231. The monoisotopic (exact) mass is 448 g/mol. The molecule has 1 aliphatic carbocycles. The molecule has 0 aromatic heterocycles. The summed E-state index contributed by atoms with van der Waals surface area (Å²) in [5.74, 6) is 0. The molecule has 0 bridgehead atoms. The van der Waals surface area contributed by atoms with Crippen LogP contribution in [0.4, 0.5) is 0 Å². The van der Waals surface area contributed by atoms with E-state index in [1.165, 1.54) is 6.42 Å². The van der Waals surface area contributed by atoms with Crippen LogP contribution in [0.1, 0.15) is 57.8 Å². The van der Waals surface area contributed by atoms with E-state index in [1.54, 1.807) is 0 Å². The highest BCUT2D eigenvalue weighted by atomic mass is 32.1. The first-order valence-corrected chi connectivity index (χ1v) is 12.2. The van der Waals surface area contributed by atoms with Gasteiger partial charge in [0, 0.05) is 36.7 Å². The molecule has 1 saturated carbocycles. The lowest BCUT2D eigenvalue weighted by molar-refractivity contribution is 0.541. The number of thiol groups is 7. The molecule has 0 amide bonds. The molecule has 1 aliphatic rings. The van der Waals surface area contributed by atoms with Crippen LogP contribution in [0.5, 0.6) is 0 Å². The Balaban J connectivity index is 2.60. The summed E-state index contributed by atoms with van der Waals surface area (Å²) in [7, 11) is 0. The Morgan fingerprint density at radius 2 is 0.826 bits per heavy atom. The minimum absolute atomic E-state index is 0.301. The van der Waals surface area contributed by atoms with Gasteiger partial charge in [0.2, 0.25) is 0 Å². The highest BCUT2D eigenvalue weighted by molar-refractivity contribution is 7.85. The summed E-state index contributed by atoms with van der Waals surface area (Å²) in [6.45, 7) is 0. The molecule has 0 N–H and O–H groups in total. The summed E-state index contributed by atoms with van der Waals surface area (Å²) in [5.41, 5.74) is 0. The maximum absolute atomic E-state index is 4.75. The molecule has 0 heterocycles. The molecule has 138 valence electrons. The fourth-order valence-corrected chi connectivity index (χ4v) is 6.68. The Hall–Kier alpha value is 2.45. The summed E-state index contributed by atoms with van der Waals surface area (Å²) >= 11 is 33.2. The zero-order valence-electron chi connectivity index (χ0n) is 13.5.